The van der Waals surface area contributed by atoms with Crippen LogP contribution in [0.3, 0.4) is 0 Å². The SMILES string of the molecule is Brc1ccccc1C#Cc1ccccc1.C(#Cc1ccccc1-c1ccsc1)c1ccccc1.Ic1c(-c2ccccc2)c2sccc2c2ccccc12.OB(O)c1ccsc1. The first-order valence-corrected chi connectivity index (χ1v) is 24.1. The van der Waals surface area contributed by atoms with Gasteiger partial charge in [0.15, 0.2) is 0 Å². The molecule has 10 rings (SSSR count). The van der Waals surface area contributed by atoms with E-state index in [1.54, 1.807) is 28.2 Å². The second-order valence-electron chi connectivity index (χ2n) is 13.5. The van der Waals surface area contributed by atoms with E-state index in [0.29, 0.717) is 5.46 Å². The minimum atomic E-state index is -1.30. The minimum Gasteiger partial charge on any atom is -0.423 e. The molecule has 2 N–H and O–H groups in total. The first-order valence-electron chi connectivity index (χ1n) is 19.5. The molecule has 3 aromatic heterocycles. The normalized spacial score (nSPS) is 10.0. The van der Waals surface area contributed by atoms with Gasteiger partial charge in [0.2, 0.25) is 0 Å². The Bertz CT molecular complexity index is 3080. The summed E-state index contributed by atoms with van der Waals surface area (Å²) in [6.45, 7) is 0. The van der Waals surface area contributed by atoms with Crippen LogP contribution in [-0.4, -0.2) is 17.2 Å². The molecule has 7 aromatic carbocycles. The molecule has 0 amide bonds. The highest BCUT2D eigenvalue weighted by molar-refractivity contribution is 14.1. The molecule has 3 heterocycles. The van der Waals surface area contributed by atoms with Gasteiger partial charge in [-0.15, -0.1) is 11.3 Å². The summed E-state index contributed by atoms with van der Waals surface area (Å²) in [5, 5.41) is 31.0. The van der Waals surface area contributed by atoms with Crippen molar-refractivity contribution in [2.24, 2.45) is 0 Å². The van der Waals surface area contributed by atoms with Crippen LogP contribution < -0.4 is 5.46 Å². The number of hydrogen-bond donors (Lipinski definition) is 2. The van der Waals surface area contributed by atoms with Crippen LogP contribution in [0.25, 0.3) is 43.1 Å². The Morgan fingerprint density at radius 3 is 1.61 bits per heavy atom. The van der Waals surface area contributed by atoms with Crippen molar-refractivity contribution in [3.63, 3.8) is 0 Å². The van der Waals surface area contributed by atoms with E-state index >= 15 is 0 Å². The largest absolute Gasteiger partial charge is 0.489 e. The van der Waals surface area contributed by atoms with Gasteiger partial charge in [-0.3, -0.25) is 0 Å². The lowest BCUT2D eigenvalue weighted by Gasteiger charge is -2.11. The summed E-state index contributed by atoms with van der Waals surface area (Å²) in [4.78, 5) is 0. The summed E-state index contributed by atoms with van der Waals surface area (Å²) in [6.07, 6.45) is 0. The number of thiophene rings is 3. The number of fused-ring (bicyclic) bond motifs is 3. The summed E-state index contributed by atoms with van der Waals surface area (Å²) < 4.78 is 3.77. The Morgan fingerprint density at radius 2 is 1.02 bits per heavy atom. The van der Waals surface area contributed by atoms with Gasteiger partial charge in [0.25, 0.3) is 0 Å². The minimum absolute atomic E-state index is 0.565. The second-order valence-corrected chi connectivity index (χ2v) is 17.9. The van der Waals surface area contributed by atoms with Crippen molar-refractivity contribution >= 4 is 106 Å². The Hall–Kier alpha value is -5.53. The van der Waals surface area contributed by atoms with E-state index in [-0.39, 0.29) is 0 Å². The maximum Gasteiger partial charge on any atom is 0.489 e. The van der Waals surface area contributed by atoms with Gasteiger partial charge in [-0.05, 0) is 153 Å². The quantitative estimate of drug-likeness (QED) is 0.105. The van der Waals surface area contributed by atoms with E-state index in [4.69, 9.17) is 10.0 Å². The lowest BCUT2D eigenvalue weighted by molar-refractivity contribution is 0.426. The van der Waals surface area contributed by atoms with Crippen LogP contribution in [0.5, 0.6) is 0 Å². The molecule has 62 heavy (non-hydrogen) atoms. The number of halogens is 2. The Balaban J connectivity index is 0.000000130. The Morgan fingerprint density at radius 1 is 0.468 bits per heavy atom. The number of rotatable bonds is 3. The highest BCUT2D eigenvalue weighted by atomic mass is 127. The zero-order valence-electron chi connectivity index (χ0n) is 33.2. The van der Waals surface area contributed by atoms with E-state index in [1.165, 1.54) is 58.0 Å². The fourth-order valence-electron chi connectivity index (χ4n) is 6.29. The lowest BCUT2D eigenvalue weighted by atomic mass is 9.83. The van der Waals surface area contributed by atoms with Gasteiger partial charge >= 0.3 is 7.12 Å². The third kappa shape index (κ3) is 12.1. The average Bonchev–Trinajstić information content (AvgIpc) is 4.16. The van der Waals surface area contributed by atoms with Gasteiger partial charge in [0, 0.05) is 45.9 Å². The first kappa shape index (κ1) is 44.5. The summed E-state index contributed by atoms with van der Waals surface area (Å²) in [5.41, 5.74) is 9.84. The van der Waals surface area contributed by atoms with Crippen molar-refractivity contribution in [1.82, 2.24) is 0 Å². The molecule has 0 fully saturated rings. The van der Waals surface area contributed by atoms with Crippen molar-refractivity contribution in [3.8, 4) is 45.9 Å². The van der Waals surface area contributed by atoms with E-state index in [0.717, 1.165) is 26.7 Å². The molecular formula is C54H37BBrIO2S3. The molecule has 2 nitrogen and oxygen atoms in total. The highest BCUT2D eigenvalue weighted by Gasteiger charge is 2.14. The van der Waals surface area contributed by atoms with E-state index < -0.39 is 7.12 Å². The molecular weight excluding hydrogens is 994 g/mol. The summed E-state index contributed by atoms with van der Waals surface area (Å²) >= 11 is 11.0. The summed E-state index contributed by atoms with van der Waals surface area (Å²) in [7, 11) is -1.30. The summed E-state index contributed by atoms with van der Waals surface area (Å²) in [6, 6.07) is 61.7. The summed E-state index contributed by atoms with van der Waals surface area (Å²) in [5.74, 6) is 12.7. The predicted molar refractivity (Wildman–Crippen MR) is 280 cm³/mol. The molecule has 300 valence electrons. The van der Waals surface area contributed by atoms with Crippen LogP contribution >= 0.6 is 72.5 Å². The van der Waals surface area contributed by atoms with Crippen LogP contribution in [0.2, 0.25) is 0 Å². The average molecular weight is 1030 g/mol. The second kappa shape index (κ2) is 23.1. The van der Waals surface area contributed by atoms with Gasteiger partial charge < -0.3 is 10.0 Å². The van der Waals surface area contributed by atoms with Crippen molar-refractivity contribution < 1.29 is 10.0 Å². The highest BCUT2D eigenvalue weighted by Crippen LogP contribution is 2.42. The van der Waals surface area contributed by atoms with Gasteiger partial charge in [0.1, 0.15) is 0 Å². The van der Waals surface area contributed by atoms with E-state index in [9.17, 15) is 0 Å². The molecule has 0 bridgehead atoms. The molecule has 10 aromatic rings. The van der Waals surface area contributed by atoms with E-state index in [2.05, 4.69) is 163 Å². The predicted octanol–water partition coefficient (Wildman–Crippen LogP) is 14.4. The molecule has 0 saturated carbocycles. The molecule has 8 heteroatoms. The maximum absolute atomic E-state index is 8.47. The van der Waals surface area contributed by atoms with Crippen molar-refractivity contribution in [2.45, 2.75) is 0 Å². The monoisotopic (exact) mass is 1030 g/mol. The topological polar surface area (TPSA) is 40.5 Å². The third-order valence-corrected chi connectivity index (χ3v) is 13.5. The van der Waals surface area contributed by atoms with Gasteiger partial charge in [-0.2, -0.15) is 22.7 Å². The molecule has 0 aliphatic carbocycles. The molecule has 0 saturated heterocycles. The lowest BCUT2D eigenvalue weighted by Crippen LogP contribution is -2.27. The van der Waals surface area contributed by atoms with Crippen molar-refractivity contribution in [3.05, 3.63) is 239 Å². The van der Waals surface area contributed by atoms with Crippen molar-refractivity contribution in [1.29, 1.82) is 0 Å². The first-order chi connectivity index (χ1) is 30.5. The van der Waals surface area contributed by atoms with Crippen LogP contribution in [0, 0.1) is 27.3 Å². The molecule has 0 radical (unpaired) electrons. The Labute approximate surface area is 397 Å². The van der Waals surface area contributed by atoms with E-state index in [1.807, 2.05) is 102 Å². The molecule has 0 aliphatic rings. The fourth-order valence-corrected chi connectivity index (χ4v) is 10.2. The molecule has 0 aliphatic heterocycles. The number of benzene rings is 7. The standard InChI is InChI=1S/C18H11IS.C18H12S.C14H9Br.C4H5BO2S/c19-17-14-9-5-4-8-13(14)15-10-11-20-18(15)16(17)12-6-2-1-3-7-12;1-2-6-15(7-3-1)10-11-16-8-4-5-9-18(16)17-12-13-19-14-17;15-14-9-5-4-8-13(14)11-10-12-6-2-1-3-7-12;6-5(7)4-1-2-8-3-4/h1-11H;1-9,12-14H;1-9H;1-3,6-7H. The molecule has 0 unspecified atom stereocenters. The van der Waals surface area contributed by atoms with Crippen LogP contribution in [-0.2, 0) is 0 Å². The molecule has 0 atom stereocenters. The van der Waals surface area contributed by atoms with Crippen molar-refractivity contribution in [2.75, 3.05) is 0 Å². The van der Waals surface area contributed by atoms with Crippen LogP contribution in [0.1, 0.15) is 22.3 Å². The zero-order valence-corrected chi connectivity index (χ0v) is 39.4. The van der Waals surface area contributed by atoms with Crippen LogP contribution in [0.4, 0.5) is 0 Å². The fraction of sp³-hybridized carbons (Fsp3) is 0. The third-order valence-electron chi connectivity index (χ3n) is 9.33. The van der Waals surface area contributed by atoms with Gasteiger partial charge in [-0.1, -0.05) is 151 Å². The van der Waals surface area contributed by atoms with Crippen LogP contribution in [0.15, 0.2) is 213 Å². The van der Waals surface area contributed by atoms with Gasteiger partial charge in [0.05, 0.1) is 0 Å². The molecule has 0 spiro atoms. The number of hydrogen-bond acceptors (Lipinski definition) is 5. The smallest absolute Gasteiger partial charge is 0.423 e. The maximum atomic E-state index is 8.47. The zero-order chi connectivity index (χ0) is 42.9. The Kier molecular flexibility index (Phi) is 16.6. The van der Waals surface area contributed by atoms with Gasteiger partial charge in [-0.25, -0.2) is 0 Å².